The number of hydrogen-bond donors (Lipinski definition) is 0. The largest absolute Gasteiger partial charge is 0.329 e. The molecule has 22 heavy (non-hydrogen) atoms. The Morgan fingerprint density at radius 1 is 1.14 bits per heavy atom. The molecule has 0 fully saturated rings. The molecule has 4 heterocycles. The maximum absolute atomic E-state index is 4.63. The maximum Gasteiger partial charge on any atom is 0.110 e. The Bertz CT molecular complexity index is 714. The first-order chi connectivity index (χ1) is 10.9. The lowest BCUT2D eigenvalue weighted by Crippen LogP contribution is -2.26. The third-order valence-corrected chi connectivity index (χ3v) is 5.02. The predicted molar refractivity (Wildman–Crippen MR) is 86.9 cm³/mol. The van der Waals surface area contributed by atoms with Gasteiger partial charge in [0, 0.05) is 49.9 Å². The van der Waals surface area contributed by atoms with Gasteiger partial charge in [-0.25, -0.2) is 4.98 Å². The van der Waals surface area contributed by atoms with Gasteiger partial charge >= 0.3 is 0 Å². The quantitative estimate of drug-likeness (QED) is 0.741. The van der Waals surface area contributed by atoms with E-state index in [1.165, 1.54) is 16.4 Å². The minimum absolute atomic E-state index is 0.797. The topological polar surface area (TPSA) is 38.9 Å². The van der Waals surface area contributed by atoms with Gasteiger partial charge in [-0.15, -0.1) is 11.3 Å². The Labute approximate surface area is 133 Å². The summed E-state index contributed by atoms with van der Waals surface area (Å²) in [6, 6.07) is 6.31. The van der Waals surface area contributed by atoms with Gasteiger partial charge in [0.25, 0.3) is 0 Å². The SMILES string of the molecule is c1csc(CN2CCc3ncc(Cn4cccn4)n3CC2)c1. The van der Waals surface area contributed by atoms with Crippen molar-refractivity contribution in [2.75, 3.05) is 13.1 Å². The molecule has 3 aromatic rings. The number of thiophene rings is 1. The van der Waals surface area contributed by atoms with Gasteiger partial charge in [0.05, 0.1) is 18.4 Å². The Balaban J connectivity index is 1.46. The van der Waals surface area contributed by atoms with Crippen LogP contribution in [0.4, 0.5) is 0 Å². The van der Waals surface area contributed by atoms with Gasteiger partial charge < -0.3 is 4.57 Å². The molecule has 0 amide bonds. The first kappa shape index (κ1) is 13.7. The van der Waals surface area contributed by atoms with E-state index >= 15 is 0 Å². The van der Waals surface area contributed by atoms with Crippen LogP contribution in [-0.2, 0) is 26.1 Å². The molecule has 0 bridgehead atoms. The summed E-state index contributed by atoms with van der Waals surface area (Å²) in [7, 11) is 0. The molecule has 0 atom stereocenters. The fourth-order valence-corrected chi connectivity index (χ4v) is 3.75. The van der Waals surface area contributed by atoms with E-state index in [2.05, 4.69) is 37.1 Å². The fraction of sp³-hybridized carbons (Fsp3) is 0.375. The Hall–Kier alpha value is -1.92. The second-order valence-electron chi connectivity index (χ2n) is 5.63. The van der Waals surface area contributed by atoms with E-state index in [0.29, 0.717) is 0 Å². The van der Waals surface area contributed by atoms with Crippen molar-refractivity contribution < 1.29 is 0 Å². The molecule has 0 saturated carbocycles. The molecule has 3 aromatic heterocycles. The Kier molecular flexibility index (Phi) is 3.78. The molecular weight excluding hydrogens is 294 g/mol. The van der Waals surface area contributed by atoms with Crippen molar-refractivity contribution in [2.24, 2.45) is 0 Å². The lowest BCUT2D eigenvalue weighted by molar-refractivity contribution is 0.273. The second kappa shape index (κ2) is 6.06. The van der Waals surface area contributed by atoms with Crippen molar-refractivity contribution in [1.29, 1.82) is 0 Å². The van der Waals surface area contributed by atoms with Gasteiger partial charge in [-0.3, -0.25) is 9.58 Å². The number of imidazole rings is 1. The minimum Gasteiger partial charge on any atom is -0.329 e. The molecule has 0 unspecified atom stereocenters. The first-order valence-electron chi connectivity index (χ1n) is 7.64. The van der Waals surface area contributed by atoms with Crippen LogP contribution in [0.15, 0.2) is 42.2 Å². The first-order valence-corrected chi connectivity index (χ1v) is 8.52. The summed E-state index contributed by atoms with van der Waals surface area (Å²) in [5.41, 5.74) is 1.25. The van der Waals surface area contributed by atoms with Gasteiger partial charge in [0.1, 0.15) is 5.82 Å². The van der Waals surface area contributed by atoms with Crippen molar-refractivity contribution in [3.05, 3.63) is 58.6 Å². The van der Waals surface area contributed by atoms with Crippen LogP contribution in [0.2, 0.25) is 0 Å². The normalized spacial score (nSPS) is 15.6. The number of aromatic nitrogens is 4. The molecule has 0 aliphatic carbocycles. The van der Waals surface area contributed by atoms with Crippen molar-refractivity contribution in [3.63, 3.8) is 0 Å². The number of hydrogen-bond acceptors (Lipinski definition) is 4. The van der Waals surface area contributed by atoms with E-state index in [1.807, 2.05) is 40.7 Å². The number of fused-ring (bicyclic) bond motifs is 1. The molecule has 0 spiro atoms. The second-order valence-corrected chi connectivity index (χ2v) is 6.66. The van der Waals surface area contributed by atoms with E-state index in [-0.39, 0.29) is 0 Å². The van der Waals surface area contributed by atoms with Crippen molar-refractivity contribution in [3.8, 4) is 0 Å². The van der Waals surface area contributed by atoms with Gasteiger partial charge in [0.15, 0.2) is 0 Å². The van der Waals surface area contributed by atoms with E-state index in [9.17, 15) is 0 Å². The van der Waals surface area contributed by atoms with Crippen molar-refractivity contribution in [2.45, 2.75) is 26.1 Å². The van der Waals surface area contributed by atoms with Crippen LogP contribution in [0, 0.1) is 0 Å². The molecule has 5 nitrogen and oxygen atoms in total. The molecule has 1 aliphatic heterocycles. The average Bonchev–Trinajstić information content (AvgIpc) is 3.24. The molecule has 0 radical (unpaired) electrons. The number of rotatable bonds is 4. The highest BCUT2D eigenvalue weighted by atomic mass is 32.1. The minimum atomic E-state index is 0.797. The zero-order valence-electron chi connectivity index (χ0n) is 12.4. The molecule has 0 N–H and O–H groups in total. The highest BCUT2D eigenvalue weighted by molar-refractivity contribution is 7.09. The van der Waals surface area contributed by atoms with Gasteiger partial charge in [0.2, 0.25) is 0 Å². The predicted octanol–water partition coefficient (Wildman–Crippen LogP) is 2.25. The van der Waals surface area contributed by atoms with E-state index in [0.717, 1.165) is 39.1 Å². The van der Waals surface area contributed by atoms with Crippen LogP contribution in [0.3, 0.4) is 0 Å². The summed E-state index contributed by atoms with van der Waals surface area (Å²) in [5, 5.41) is 6.45. The van der Waals surface area contributed by atoms with Crippen molar-refractivity contribution >= 4 is 11.3 Å². The number of nitrogens with zero attached hydrogens (tertiary/aromatic N) is 5. The van der Waals surface area contributed by atoms with Crippen LogP contribution in [0.5, 0.6) is 0 Å². The van der Waals surface area contributed by atoms with Crippen LogP contribution in [-0.4, -0.2) is 37.3 Å². The standard InChI is InChI=1S/C16H19N5S/c1-3-15(22-10-1)13-19-7-4-16-17-11-14(21(16)9-8-19)12-20-6-2-5-18-20/h1-3,5-6,10-11H,4,7-9,12-13H2. The highest BCUT2D eigenvalue weighted by Crippen LogP contribution is 2.16. The van der Waals surface area contributed by atoms with E-state index in [4.69, 9.17) is 0 Å². The van der Waals surface area contributed by atoms with Gasteiger partial charge in [-0.05, 0) is 17.5 Å². The molecule has 6 heteroatoms. The van der Waals surface area contributed by atoms with Crippen LogP contribution in [0.25, 0.3) is 0 Å². The summed E-state index contributed by atoms with van der Waals surface area (Å²) in [6.45, 7) is 5.02. The van der Waals surface area contributed by atoms with E-state index in [1.54, 1.807) is 0 Å². The Morgan fingerprint density at radius 3 is 2.95 bits per heavy atom. The molecule has 114 valence electrons. The lowest BCUT2D eigenvalue weighted by atomic mass is 10.3. The monoisotopic (exact) mass is 313 g/mol. The Morgan fingerprint density at radius 2 is 2.14 bits per heavy atom. The van der Waals surface area contributed by atoms with Gasteiger partial charge in [-0.2, -0.15) is 5.10 Å². The van der Waals surface area contributed by atoms with Crippen LogP contribution in [0.1, 0.15) is 16.4 Å². The smallest absolute Gasteiger partial charge is 0.110 e. The summed E-state index contributed by atoms with van der Waals surface area (Å²) in [6.07, 6.45) is 6.85. The third kappa shape index (κ3) is 2.84. The zero-order chi connectivity index (χ0) is 14.8. The summed E-state index contributed by atoms with van der Waals surface area (Å²) >= 11 is 1.84. The summed E-state index contributed by atoms with van der Waals surface area (Å²) in [5.74, 6) is 1.20. The van der Waals surface area contributed by atoms with E-state index < -0.39 is 0 Å². The molecule has 0 aromatic carbocycles. The molecule has 1 aliphatic rings. The maximum atomic E-state index is 4.63. The third-order valence-electron chi connectivity index (χ3n) is 4.16. The molecule has 4 rings (SSSR count). The van der Waals surface area contributed by atoms with Crippen molar-refractivity contribution in [1.82, 2.24) is 24.2 Å². The summed E-state index contributed by atoms with van der Waals surface area (Å²) < 4.78 is 4.33. The molecule has 0 saturated heterocycles. The van der Waals surface area contributed by atoms with Gasteiger partial charge in [-0.1, -0.05) is 6.07 Å². The zero-order valence-corrected chi connectivity index (χ0v) is 13.2. The van der Waals surface area contributed by atoms with Crippen LogP contribution < -0.4 is 0 Å². The molecular formula is C16H19N5S. The summed E-state index contributed by atoms with van der Waals surface area (Å²) in [4.78, 5) is 8.59. The average molecular weight is 313 g/mol. The van der Waals surface area contributed by atoms with Crippen LogP contribution >= 0.6 is 11.3 Å². The lowest BCUT2D eigenvalue weighted by Gasteiger charge is -2.18. The fourth-order valence-electron chi connectivity index (χ4n) is 3.00. The highest BCUT2D eigenvalue weighted by Gasteiger charge is 2.17.